The molecule has 8 heteroatoms. The lowest BCUT2D eigenvalue weighted by atomic mass is 9.90. The maximum atomic E-state index is 12.5. The third-order valence-electron chi connectivity index (χ3n) is 4.62. The molecule has 1 heterocycles. The summed E-state index contributed by atoms with van der Waals surface area (Å²) in [7, 11) is 1.81. The number of likely N-dealkylation sites (tertiary alicyclic amines) is 1. The molecule has 1 aliphatic heterocycles. The Hall–Kier alpha value is -1.57. The van der Waals surface area contributed by atoms with E-state index < -0.39 is 15.1 Å². The summed E-state index contributed by atoms with van der Waals surface area (Å²) in [6.07, 6.45) is -0.449. The smallest absolute Gasteiger partial charge is 0.410 e. The molecule has 2 unspecified atom stereocenters. The molecule has 0 bridgehead atoms. The summed E-state index contributed by atoms with van der Waals surface area (Å²) < 4.78 is 29.6. The summed E-state index contributed by atoms with van der Waals surface area (Å²) in [6.45, 7) is 0.865. The molecule has 3 rings (SSSR count). The standard InChI is InChI=1S/C19H19BrClNO4S/c20-17-8-6-15(7-9-17)18-11-22(10-16(18)13-27(21,24)25)19(23)26-12-14-4-2-1-3-5-14/h1-9,16,18H,10-13H2. The van der Waals surface area contributed by atoms with Crippen LogP contribution in [0.5, 0.6) is 0 Å². The Morgan fingerprint density at radius 3 is 2.41 bits per heavy atom. The summed E-state index contributed by atoms with van der Waals surface area (Å²) in [5.41, 5.74) is 1.87. The molecular weight excluding hydrogens is 454 g/mol. The predicted molar refractivity (Wildman–Crippen MR) is 108 cm³/mol. The van der Waals surface area contributed by atoms with E-state index in [1.807, 2.05) is 54.6 Å². The lowest BCUT2D eigenvalue weighted by molar-refractivity contribution is 0.103. The Balaban J connectivity index is 1.71. The lowest BCUT2D eigenvalue weighted by Gasteiger charge is -2.17. The Labute approximate surface area is 171 Å². The second-order valence-corrected chi connectivity index (χ2v) is 10.3. The van der Waals surface area contributed by atoms with Crippen molar-refractivity contribution in [3.63, 3.8) is 0 Å². The van der Waals surface area contributed by atoms with Crippen LogP contribution in [0.15, 0.2) is 59.1 Å². The molecule has 2 aromatic carbocycles. The quantitative estimate of drug-likeness (QED) is 0.606. The van der Waals surface area contributed by atoms with Gasteiger partial charge in [-0.15, -0.1) is 0 Å². The number of amides is 1. The molecule has 0 spiro atoms. The first-order valence-corrected chi connectivity index (χ1v) is 11.7. The average Bonchev–Trinajstić information content (AvgIpc) is 3.03. The lowest BCUT2D eigenvalue weighted by Crippen LogP contribution is -2.30. The maximum absolute atomic E-state index is 12.5. The third-order valence-corrected chi connectivity index (χ3v) is 6.35. The molecule has 0 aliphatic carbocycles. The van der Waals surface area contributed by atoms with Crippen molar-refractivity contribution in [1.82, 2.24) is 4.90 Å². The first-order chi connectivity index (χ1) is 12.8. The van der Waals surface area contributed by atoms with E-state index in [1.54, 1.807) is 4.90 Å². The Kier molecular flexibility index (Phi) is 6.44. The SMILES string of the molecule is O=C(OCc1ccccc1)N1CC(CS(=O)(=O)Cl)C(c2ccc(Br)cc2)C1. The van der Waals surface area contributed by atoms with Gasteiger partial charge in [-0.1, -0.05) is 58.4 Å². The van der Waals surface area contributed by atoms with Gasteiger partial charge in [0.1, 0.15) is 6.61 Å². The van der Waals surface area contributed by atoms with Crippen LogP contribution in [0.4, 0.5) is 4.79 Å². The second-order valence-electron chi connectivity index (χ2n) is 6.57. The predicted octanol–water partition coefficient (Wildman–Crippen LogP) is 4.37. The molecular formula is C19H19BrClNO4S. The van der Waals surface area contributed by atoms with Crippen LogP contribution >= 0.6 is 26.6 Å². The molecule has 0 aromatic heterocycles. The Bertz CT molecular complexity index is 890. The molecule has 5 nitrogen and oxygen atoms in total. The minimum Gasteiger partial charge on any atom is -0.445 e. The molecule has 0 saturated carbocycles. The number of carbonyl (C=O) groups excluding carboxylic acids is 1. The first-order valence-electron chi connectivity index (χ1n) is 8.45. The molecule has 0 N–H and O–H groups in total. The first kappa shape index (κ1) is 20.2. The topological polar surface area (TPSA) is 63.7 Å². The van der Waals surface area contributed by atoms with Crippen molar-refractivity contribution in [3.05, 3.63) is 70.2 Å². The molecule has 144 valence electrons. The number of ether oxygens (including phenoxy) is 1. The zero-order chi connectivity index (χ0) is 19.4. The van der Waals surface area contributed by atoms with Crippen LogP contribution in [-0.2, 0) is 20.4 Å². The van der Waals surface area contributed by atoms with E-state index >= 15 is 0 Å². The monoisotopic (exact) mass is 471 g/mol. The van der Waals surface area contributed by atoms with Crippen LogP contribution in [0.25, 0.3) is 0 Å². The van der Waals surface area contributed by atoms with Crippen molar-refractivity contribution in [2.45, 2.75) is 12.5 Å². The average molecular weight is 473 g/mol. The number of benzene rings is 2. The summed E-state index contributed by atoms with van der Waals surface area (Å²) in [6, 6.07) is 17.1. The van der Waals surface area contributed by atoms with Crippen LogP contribution in [-0.4, -0.2) is 38.3 Å². The van der Waals surface area contributed by atoms with Crippen molar-refractivity contribution in [3.8, 4) is 0 Å². The van der Waals surface area contributed by atoms with Gasteiger partial charge in [0.2, 0.25) is 9.05 Å². The number of carbonyl (C=O) groups is 1. The highest BCUT2D eigenvalue weighted by Crippen LogP contribution is 2.35. The molecule has 0 radical (unpaired) electrons. The fourth-order valence-corrected chi connectivity index (χ4v) is 4.94. The highest BCUT2D eigenvalue weighted by atomic mass is 79.9. The number of rotatable bonds is 5. The van der Waals surface area contributed by atoms with Gasteiger partial charge in [0, 0.05) is 40.1 Å². The van der Waals surface area contributed by atoms with Crippen molar-refractivity contribution >= 4 is 41.8 Å². The fourth-order valence-electron chi connectivity index (χ4n) is 3.34. The summed E-state index contributed by atoms with van der Waals surface area (Å²) >= 11 is 3.39. The van der Waals surface area contributed by atoms with E-state index in [0.717, 1.165) is 15.6 Å². The van der Waals surface area contributed by atoms with Crippen LogP contribution in [0, 0.1) is 5.92 Å². The van der Waals surface area contributed by atoms with Crippen molar-refractivity contribution in [2.24, 2.45) is 5.92 Å². The molecule has 1 saturated heterocycles. The van der Waals surface area contributed by atoms with Gasteiger partial charge in [0.25, 0.3) is 0 Å². The van der Waals surface area contributed by atoms with Crippen molar-refractivity contribution in [2.75, 3.05) is 18.8 Å². The Morgan fingerprint density at radius 1 is 1.11 bits per heavy atom. The maximum Gasteiger partial charge on any atom is 0.410 e. The normalized spacial score (nSPS) is 19.9. The number of halogens is 2. The summed E-state index contributed by atoms with van der Waals surface area (Å²) in [5, 5.41) is 0. The molecule has 27 heavy (non-hydrogen) atoms. The van der Waals surface area contributed by atoms with Crippen LogP contribution in [0.3, 0.4) is 0 Å². The molecule has 2 aromatic rings. The van der Waals surface area contributed by atoms with E-state index in [2.05, 4.69) is 15.9 Å². The van der Waals surface area contributed by atoms with E-state index in [1.165, 1.54) is 0 Å². The number of hydrogen-bond acceptors (Lipinski definition) is 4. The third kappa shape index (κ3) is 5.70. The molecule has 1 amide bonds. The van der Waals surface area contributed by atoms with Crippen molar-refractivity contribution in [1.29, 1.82) is 0 Å². The van der Waals surface area contributed by atoms with Gasteiger partial charge >= 0.3 is 6.09 Å². The Morgan fingerprint density at radius 2 is 1.78 bits per heavy atom. The fraction of sp³-hybridized carbons (Fsp3) is 0.316. The van der Waals surface area contributed by atoms with Gasteiger partial charge in [-0.3, -0.25) is 0 Å². The highest BCUT2D eigenvalue weighted by Gasteiger charge is 2.39. The molecule has 1 aliphatic rings. The van der Waals surface area contributed by atoms with E-state index in [4.69, 9.17) is 15.4 Å². The number of hydrogen-bond donors (Lipinski definition) is 0. The minimum absolute atomic E-state index is 0.115. The largest absolute Gasteiger partial charge is 0.445 e. The molecule has 2 atom stereocenters. The van der Waals surface area contributed by atoms with Crippen LogP contribution in [0.1, 0.15) is 17.0 Å². The minimum atomic E-state index is -3.68. The van der Waals surface area contributed by atoms with Gasteiger partial charge < -0.3 is 9.64 Å². The summed E-state index contributed by atoms with van der Waals surface area (Å²) in [4.78, 5) is 14.0. The van der Waals surface area contributed by atoms with Gasteiger partial charge in [-0.25, -0.2) is 13.2 Å². The second kappa shape index (κ2) is 8.63. The number of nitrogens with zero attached hydrogens (tertiary/aromatic N) is 1. The molecule has 1 fully saturated rings. The van der Waals surface area contributed by atoms with Crippen LogP contribution < -0.4 is 0 Å². The zero-order valence-electron chi connectivity index (χ0n) is 14.4. The van der Waals surface area contributed by atoms with Gasteiger partial charge in [-0.05, 0) is 23.3 Å². The zero-order valence-corrected chi connectivity index (χ0v) is 17.6. The summed E-state index contributed by atoms with van der Waals surface area (Å²) in [5.74, 6) is -0.577. The van der Waals surface area contributed by atoms with Crippen LogP contribution in [0.2, 0.25) is 0 Å². The van der Waals surface area contributed by atoms with E-state index in [9.17, 15) is 13.2 Å². The van der Waals surface area contributed by atoms with Gasteiger partial charge in [-0.2, -0.15) is 0 Å². The van der Waals surface area contributed by atoms with E-state index in [-0.39, 0.29) is 24.2 Å². The van der Waals surface area contributed by atoms with Gasteiger partial charge in [0.05, 0.1) is 5.75 Å². The van der Waals surface area contributed by atoms with E-state index in [0.29, 0.717) is 13.1 Å². The highest BCUT2D eigenvalue weighted by molar-refractivity contribution is 9.10. The van der Waals surface area contributed by atoms with Crippen molar-refractivity contribution < 1.29 is 17.9 Å². The van der Waals surface area contributed by atoms with Gasteiger partial charge in [0.15, 0.2) is 0 Å².